The van der Waals surface area contributed by atoms with Gasteiger partial charge in [0.2, 0.25) is 0 Å². The summed E-state index contributed by atoms with van der Waals surface area (Å²) in [5.41, 5.74) is 1.00. The lowest BCUT2D eigenvalue weighted by atomic mass is 10.3. The zero-order valence-electron chi connectivity index (χ0n) is 4.50. The molecule has 1 aliphatic rings. The van der Waals surface area contributed by atoms with E-state index in [0.29, 0.717) is 0 Å². The van der Waals surface area contributed by atoms with Gasteiger partial charge in [0.15, 0.2) is 0 Å². The summed E-state index contributed by atoms with van der Waals surface area (Å²) in [4.78, 5) is 0. The van der Waals surface area contributed by atoms with Crippen molar-refractivity contribution in [1.82, 2.24) is 0 Å². The van der Waals surface area contributed by atoms with E-state index in [4.69, 9.17) is 0 Å². The van der Waals surface area contributed by atoms with E-state index in [1.54, 1.807) is 0 Å². The summed E-state index contributed by atoms with van der Waals surface area (Å²) in [7, 11) is 0. The molecule has 0 amide bonds. The molecular weight excluding hydrogens is 122 g/mol. The molecule has 1 aliphatic carbocycles. The molecule has 0 spiro atoms. The average Bonchev–Trinajstić information content (AvgIpc) is 2.19. The third kappa shape index (κ3) is 1.33. The molecule has 0 N–H and O–H groups in total. The SMILES string of the molecule is O=[SH-]=NC1=CCCC1. The number of allylic oxidation sites excluding steroid dienone is 2. The van der Waals surface area contributed by atoms with Crippen LogP contribution in [-0.2, 0) is 15.7 Å². The Morgan fingerprint density at radius 2 is 2.62 bits per heavy atom. The summed E-state index contributed by atoms with van der Waals surface area (Å²) < 4.78 is 13.6. The Balaban J connectivity index is 2.57. The van der Waals surface area contributed by atoms with Crippen LogP contribution < -0.4 is 0 Å². The molecule has 0 aromatic carbocycles. The summed E-state index contributed by atoms with van der Waals surface area (Å²) in [6.45, 7) is 0. The van der Waals surface area contributed by atoms with Crippen LogP contribution in [0.2, 0.25) is 0 Å². The summed E-state index contributed by atoms with van der Waals surface area (Å²) in [5, 5.41) is 0. The first-order valence-electron chi connectivity index (χ1n) is 2.66. The molecular formula is C5H8NOS-. The molecule has 0 aliphatic heterocycles. The smallest absolute Gasteiger partial charge is 0.00900 e. The molecule has 0 saturated heterocycles. The Labute approximate surface area is 51.8 Å². The van der Waals surface area contributed by atoms with E-state index in [2.05, 4.69) is 4.36 Å². The molecule has 0 unspecified atom stereocenters. The minimum Gasteiger partial charge on any atom is -0.447 e. The van der Waals surface area contributed by atoms with Crippen LogP contribution in [0.3, 0.4) is 0 Å². The number of nitrogens with zero attached hydrogens (tertiary/aromatic N) is 1. The zero-order chi connectivity index (χ0) is 5.82. The molecule has 3 heteroatoms. The highest BCUT2D eigenvalue weighted by Crippen LogP contribution is 2.17. The first-order valence-corrected chi connectivity index (χ1v) is 3.42. The molecule has 0 radical (unpaired) electrons. The normalized spacial score (nSPS) is 18.2. The lowest BCUT2D eigenvalue weighted by Gasteiger charge is -1.89. The van der Waals surface area contributed by atoms with Gasteiger partial charge in [-0.05, 0) is 19.3 Å². The molecule has 0 atom stereocenters. The lowest BCUT2D eigenvalue weighted by molar-refractivity contribution is 0.608. The van der Waals surface area contributed by atoms with E-state index < -0.39 is 0 Å². The highest BCUT2D eigenvalue weighted by atomic mass is 32.1. The molecule has 2 nitrogen and oxygen atoms in total. The average molecular weight is 130 g/mol. The fourth-order valence-corrected chi connectivity index (χ4v) is 1.08. The van der Waals surface area contributed by atoms with Crippen LogP contribution in [0.25, 0.3) is 0 Å². The topological polar surface area (TPSA) is 29.4 Å². The van der Waals surface area contributed by atoms with Gasteiger partial charge in [-0.3, -0.25) is 0 Å². The van der Waals surface area contributed by atoms with Gasteiger partial charge in [-0.2, -0.15) is 11.5 Å². The second-order valence-corrected chi connectivity index (χ2v) is 2.13. The van der Waals surface area contributed by atoms with Crippen molar-refractivity contribution < 1.29 is 4.21 Å². The van der Waals surface area contributed by atoms with Gasteiger partial charge in [-0.25, -0.2) is 0 Å². The van der Waals surface area contributed by atoms with Gasteiger partial charge in [-0.1, -0.05) is 6.08 Å². The van der Waals surface area contributed by atoms with E-state index in [-0.39, 0.29) is 11.5 Å². The van der Waals surface area contributed by atoms with Crippen molar-refractivity contribution >= 4 is 11.5 Å². The monoisotopic (exact) mass is 130 g/mol. The minimum absolute atomic E-state index is 0.0980. The van der Waals surface area contributed by atoms with E-state index in [1.165, 1.54) is 6.42 Å². The van der Waals surface area contributed by atoms with Gasteiger partial charge in [-0.15, -0.1) is 0 Å². The van der Waals surface area contributed by atoms with Gasteiger partial charge < -0.3 is 8.57 Å². The van der Waals surface area contributed by atoms with Crippen molar-refractivity contribution in [1.29, 1.82) is 0 Å². The summed E-state index contributed by atoms with van der Waals surface area (Å²) in [5.74, 6) is 0. The Hall–Kier alpha value is -0.310. The third-order valence-corrected chi connectivity index (χ3v) is 1.52. The predicted octanol–water partition coefficient (Wildman–Crippen LogP) is 1.40. The Kier molecular flexibility index (Phi) is 2.09. The standard InChI is InChI=1S/C5H8NOS/c7-8-6-5-3-1-2-4-5/h3,8H,1-2,4H2/q-1. The maximum absolute atomic E-state index is 9.85. The third-order valence-electron chi connectivity index (χ3n) is 1.19. The maximum atomic E-state index is 9.85. The van der Waals surface area contributed by atoms with Gasteiger partial charge in [0.05, 0.1) is 0 Å². The van der Waals surface area contributed by atoms with Crippen molar-refractivity contribution in [3.63, 3.8) is 0 Å². The van der Waals surface area contributed by atoms with Crippen molar-refractivity contribution in [3.05, 3.63) is 11.8 Å². The van der Waals surface area contributed by atoms with E-state index >= 15 is 0 Å². The van der Waals surface area contributed by atoms with Crippen molar-refractivity contribution in [2.75, 3.05) is 0 Å². The van der Waals surface area contributed by atoms with Gasteiger partial charge in [0.1, 0.15) is 0 Å². The van der Waals surface area contributed by atoms with Gasteiger partial charge >= 0.3 is 0 Å². The molecule has 0 fully saturated rings. The number of hydrogen-bond acceptors (Lipinski definition) is 3. The maximum Gasteiger partial charge on any atom is 0.00900 e. The van der Waals surface area contributed by atoms with Crippen LogP contribution in [0.5, 0.6) is 0 Å². The van der Waals surface area contributed by atoms with E-state index in [9.17, 15) is 4.21 Å². The number of rotatable bonds is 1. The van der Waals surface area contributed by atoms with Crippen molar-refractivity contribution in [2.24, 2.45) is 4.36 Å². The Morgan fingerprint density at radius 1 is 1.75 bits per heavy atom. The molecule has 0 heterocycles. The molecule has 8 heavy (non-hydrogen) atoms. The molecule has 0 saturated carbocycles. The fourth-order valence-electron chi connectivity index (χ4n) is 0.797. The lowest BCUT2D eigenvalue weighted by Crippen LogP contribution is -1.64. The van der Waals surface area contributed by atoms with Crippen molar-refractivity contribution in [2.45, 2.75) is 19.3 Å². The molecule has 0 bridgehead atoms. The van der Waals surface area contributed by atoms with Crippen LogP contribution in [0.1, 0.15) is 19.3 Å². The Morgan fingerprint density at radius 3 is 3.12 bits per heavy atom. The zero-order valence-corrected chi connectivity index (χ0v) is 5.40. The summed E-state index contributed by atoms with van der Waals surface area (Å²) in [6, 6.07) is 0. The highest BCUT2D eigenvalue weighted by Gasteiger charge is 1.97. The highest BCUT2D eigenvalue weighted by molar-refractivity contribution is 7.54. The largest absolute Gasteiger partial charge is 0.447 e. The molecule has 0 aromatic rings. The summed E-state index contributed by atoms with van der Waals surface area (Å²) >= 11 is -0.0980. The molecule has 0 aromatic heterocycles. The predicted molar refractivity (Wildman–Crippen MR) is 33.8 cm³/mol. The second kappa shape index (κ2) is 2.87. The first-order chi connectivity index (χ1) is 3.93. The number of hydrogen-bond donors (Lipinski definition) is 0. The molecule has 46 valence electrons. The van der Waals surface area contributed by atoms with Crippen molar-refractivity contribution in [3.8, 4) is 0 Å². The summed E-state index contributed by atoms with van der Waals surface area (Å²) in [6.07, 6.45) is 5.32. The van der Waals surface area contributed by atoms with Gasteiger partial charge in [0.25, 0.3) is 0 Å². The minimum atomic E-state index is -0.0980. The van der Waals surface area contributed by atoms with Crippen LogP contribution in [-0.4, -0.2) is 0 Å². The van der Waals surface area contributed by atoms with E-state index in [1.807, 2.05) is 6.08 Å². The quantitative estimate of drug-likeness (QED) is 0.389. The molecule has 1 rings (SSSR count). The van der Waals surface area contributed by atoms with Gasteiger partial charge in [0, 0.05) is 5.70 Å². The first kappa shape index (κ1) is 5.82. The van der Waals surface area contributed by atoms with E-state index in [0.717, 1.165) is 18.5 Å². The number of thiol groups is 1. The van der Waals surface area contributed by atoms with Crippen LogP contribution in [0.15, 0.2) is 16.1 Å². The van der Waals surface area contributed by atoms with Crippen LogP contribution in [0.4, 0.5) is 0 Å². The fraction of sp³-hybridized carbons (Fsp3) is 0.600. The van der Waals surface area contributed by atoms with Crippen LogP contribution in [0, 0.1) is 0 Å². The van der Waals surface area contributed by atoms with Crippen LogP contribution >= 0.6 is 0 Å². The Bertz CT molecular complexity index is 158. The second-order valence-electron chi connectivity index (χ2n) is 1.77.